The highest BCUT2D eigenvalue weighted by Gasteiger charge is 2.34. The molecule has 0 fully saturated rings. The third-order valence-electron chi connectivity index (χ3n) is 3.44. The summed E-state index contributed by atoms with van der Waals surface area (Å²) >= 11 is 0. The minimum atomic E-state index is 0.0324. The van der Waals surface area contributed by atoms with E-state index >= 15 is 0 Å². The first-order chi connectivity index (χ1) is 6.18. The molecule has 1 nitrogen and oxygen atoms in total. The maximum atomic E-state index is 4.04. The first-order valence-corrected chi connectivity index (χ1v) is 5.04. The molecule has 0 saturated carbocycles. The van der Waals surface area contributed by atoms with Crippen molar-refractivity contribution in [3.05, 3.63) is 22.8 Å². The summed E-state index contributed by atoms with van der Waals surface area (Å²) in [5.74, 6) is 0. The Hall–Kier alpha value is -0.980. The van der Waals surface area contributed by atoms with E-state index in [9.17, 15) is 0 Å². The van der Waals surface area contributed by atoms with Crippen LogP contribution in [0.25, 0.3) is 13.2 Å². The van der Waals surface area contributed by atoms with Crippen molar-refractivity contribution in [1.82, 2.24) is 4.57 Å². The molecular weight excluding hydrogens is 170 g/mol. The lowest BCUT2D eigenvalue weighted by molar-refractivity contribution is 0.134. The molecule has 1 aromatic rings. The van der Waals surface area contributed by atoms with E-state index in [-0.39, 0.29) is 11.0 Å². The van der Waals surface area contributed by atoms with Crippen LogP contribution in [0.4, 0.5) is 0 Å². The average Bonchev–Trinajstić information content (AvgIpc) is 2.28. The predicted molar refractivity (Wildman–Crippen MR) is 63.5 cm³/mol. The summed E-state index contributed by atoms with van der Waals surface area (Å²) < 4.78 is 2.22. The summed E-state index contributed by atoms with van der Waals surface area (Å²) in [7, 11) is 0. The lowest BCUT2D eigenvalue weighted by atomic mass is 9.76. The number of rotatable bonds is 1. The predicted octanol–water partition coefficient (Wildman–Crippen LogP) is 2.09. The molecule has 0 aliphatic carbocycles. The fourth-order valence-corrected chi connectivity index (χ4v) is 1.58. The molecule has 78 valence electrons. The zero-order valence-corrected chi connectivity index (χ0v) is 10.0. The summed E-state index contributed by atoms with van der Waals surface area (Å²) in [6.07, 6.45) is 0. The molecule has 0 saturated heterocycles. The van der Waals surface area contributed by atoms with Crippen LogP contribution >= 0.6 is 0 Å². The molecular formula is C13H21N. The van der Waals surface area contributed by atoms with Crippen LogP contribution in [0.5, 0.6) is 0 Å². The van der Waals surface area contributed by atoms with Crippen molar-refractivity contribution in [3.63, 3.8) is 0 Å². The molecule has 0 N–H and O–H groups in total. The molecule has 0 bridgehead atoms. The number of aromatic nitrogens is 1. The van der Waals surface area contributed by atoms with Crippen LogP contribution in [0.2, 0.25) is 0 Å². The summed E-state index contributed by atoms with van der Waals surface area (Å²) in [4.78, 5) is 0. The van der Waals surface area contributed by atoms with E-state index in [4.69, 9.17) is 0 Å². The van der Waals surface area contributed by atoms with Gasteiger partial charge in [-0.15, -0.1) is 0 Å². The standard InChI is InChI=1S/C13H21N/c1-10-8-9-11(2)14(10)13(6,7)12(3,4)5/h8-9H,1-2H2,3-7H3. The normalized spacial score (nSPS) is 13.2. The van der Waals surface area contributed by atoms with Gasteiger partial charge in [-0.3, -0.25) is 0 Å². The lowest BCUT2D eigenvalue weighted by Crippen LogP contribution is -2.48. The smallest absolute Gasteiger partial charge is 0.0443 e. The molecule has 0 atom stereocenters. The van der Waals surface area contributed by atoms with Gasteiger partial charge in [-0.2, -0.15) is 0 Å². The molecule has 1 heteroatoms. The zero-order valence-electron chi connectivity index (χ0n) is 10.0. The Bertz CT molecular complexity index is 388. The van der Waals surface area contributed by atoms with Crippen molar-refractivity contribution in [3.8, 4) is 0 Å². The van der Waals surface area contributed by atoms with Crippen LogP contribution in [-0.4, -0.2) is 4.57 Å². The van der Waals surface area contributed by atoms with Crippen molar-refractivity contribution in [2.45, 2.75) is 40.2 Å². The summed E-state index contributed by atoms with van der Waals surface area (Å²) in [5, 5.41) is 2.07. The van der Waals surface area contributed by atoms with Crippen LogP contribution in [0.15, 0.2) is 12.1 Å². The molecule has 14 heavy (non-hydrogen) atoms. The first kappa shape index (κ1) is 11.1. The van der Waals surface area contributed by atoms with Gasteiger partial charge in [-0.25, -0.2) is 0 Å². The Labute approximate surface area is 86.8 Å². The van der Waals surface area contributed by atoms with E-state index in [0.717, 1.165) is 10.7 Å². The number of hydrogen-bond acceptors (Lipinski definition) is 0. The van der Waals surface area contributed by atoms with E-state index in [1.54, 1.807) is 0 Å². The van der Waals surface area contributed by atoms with Gasteiger partial charge in [0.2, 0.25) is 0 Å². The minimum Gasteiger partial charge on any atom is -0.336 e. The van der Waals surface area contributed by atoms with Gasteiger partial charge >= 0.3 is 0 Å². The molecule has 0 aliphatic rings. The molecule has 1 heterocycles. The van der Waals surface area contributed by atoms with Crippen LogP contribution in [-0.2, 0) is 5.54 Å². The van der Waals surface area contributed by atoms with E-state index < -0.39 is 0 Å². The van der Waals surface area contributed by atoms with Crippen LogP contribution < -0.4 is 10.7 Å². The van der Waals surface area contributed by atoms with Crippen molar-refractivity contribution < 1.29 is 0 Å². The Balaban J connectivity index is 3.45. The van der Waals surface area contributed by atoms with Crippen LogP contribution in [0.3, 0.4) is 0 Å². The topological polar surface area (TPSA) is 4.93 Å². The molecule has 0 unspecified atom stereocenters. The summed E-state index contributed by atoms with van der Waals surface area (Å²) in [6, 6.07) is 4.05. The summed E-state index contributed by atoms with van der Waals surface area (Å²) in [6.45, 7) is 19.3. The Morgan fingerprint density at radius 1 is 0.929 bits per heavy atom. The van der Waals surface area contributed by atoms with Crippen molar-refractivity contribution >= 4 is 13.2 Å². The highest BCUT2D eigenvalue weighted by atomic mass is 15.1. The third-order valence-corrected chi connectivity index (χ3v) is 3.44. The van der Waals surface area contributed by atoms with Gasteiger partial charge in [0.15, 0.2) is 0 Å². The molecule has 1 aromatic heterocycles. The molecule has 0 aromatic carbocycles. The molecule has 0 spiro atoms. The van der Waals surface area contributed by atoms with Gasteiger partial charge in [-0.1, -0.05) is 33.9 Å². The first-order valence-electron chi connectivity index (χ1n) is 5.04. The SMILES string of the molecule is C=c1ccc(=C)n1C(C)(C)C(C)(C)C. The zero-order chi connectivity index (χ0) is 11.1. The van der Waals surface area contributed by atoms with Crippen molar-refractivity contribution in [2.75, 3.05) is 0 Å². The van der Waals surface area contributed by atoms with Gasteiger partial charge in [0, 0.05) is 16.2 Å². The fourth-order valence-electron chi connectivity index (χ4n) is 1.58. The maximum Gasteiger partial charge on any atom is 0.0443 e. The van der Waals surface area contributed by atoms with Crippen molar-refractivity contribution in [2.24, 2.45) is 5.41 Å². The largest absolute Gasteiger partial charge is 0.336 e. The van der Waals surface area contributed by atoms with E-state index in [0.29, 0.717) is 0 Å². The monoisotopic (exact) mass is 191 g/mol. The number of hydrogen-bond donors (Lipinski definition) is 0. The molecule has 0 amide bonds. The fraction of sp³-hybridized carbons (Fsp3) is 0.538. The van der Waals surface area contributed by atoms with Crippen LogP contribution in [0.1, 0.15) is 34.6 Å². The molecule has 0 radical (unpaired) electrons. The second-order valence-electron chi connectivity index (χ2n) is 5.46. The van der Waals surface area contributed by atoms with Gasteiger partial charge in [-0.05, 0) is 31.4 Å². The Morgan fingerprint density at radius 3 is 1.57 bits per heavy atom. The lowest BCUT2D eigenvalue weighted by Gasteiger charge is -2.41. The quantitative estimate of drug-likeness (QED) is 0.640. The highest BCUT2D eigenvalue weighted by molar-refractivity contribution is 5.12. The second kappa shape index (κ2) is 3.01. The Morgan fingerprint density at radius 2 is 1.29 bits per heavy atom. The third kappa shape index (κ3) is 1.52. The minimum absolute atomic E-state index is 0.0324. The van der Waals surface area contributed by atoms with Gasteiger partial charge in [0.1, 0.15) is 0 Å². The van der Waals surface area contributed by atoms with Gasteiger partial charge in [0.25, 0.3) is 0 Å². The van der Waals surface area contributed by atoms with Crippen LogP contribution in [0, 0.1) is 5.41 Å². The molecule has 0 aliphatic heterocycles. The van der Waals surface area contributed by atoms with Crippen molar-refractivity contribution in [1.29, 1.82) is 0 Å². The van der Waals surface area contributed by atoms with Gasteiger partial charge in [0.05, 0.1) is 0 Å². The molecule has 1 rings (SSSR count). The van der Waals surface area contributed by atoms with E-state index in [2.05, 4.69) is 52.3 Å². The summed E-state index contributed by atoms with van der Waals surface area (Å²) in [5.41, 5.74) is 0.218. The van der Waals surface area contributed by atoms with Gasteiger partial charge < -0.3 is 4.57 Å². The van der Waals surface area contributed by atoms with E-state index in [1.807, 2.05) is 12.1 Å². The average molecular weight is 191 g/mol. The highest BCUT2D eigenvalue weighted by Crippen LogP contribution is 2.34. The maximum absolute atomic E-state index is 4.04. The number of nitrogens with zero attached hydrogens (tertiary/aromatic N) is 1. The second-order valence-corrected chi connectivity index (χ2v) is 5.46. The van der Waals surface area contributed by atoms with E-state index in [1.165, 1.54) is 0 Å². The Kier molecular flexibility index (Phi) is 2.39.